The Balaban J connectivity index is 0.00000256. The van der Waals surface area contributed by atoms with Gasteiger partial charge in [0, 0.05) is 12.6 Å². The lowest BCUT2D eigenvalue weighted by Crippen LogP contribution is -2.38. The Morgan fingerprint density at radius 2 is 1.94 bits per heavy atom. The van der Waals surface area contributed by atoms with Crippen LogP contribution in [0.3, 0.4) is 0 Å². The van der Waals surface area contributed by atoms with Gasteiger partial charge in [-0.05, 0) is 18.9 Å². The van der Waals surface area contributed by atoms with Gasteiger partial charge in [0.05, 0.1) is 5.92 Å². The predicted octanol–water partition coefficient (Wildman–Crippen LogP) is 2.07. The first-order valence-electron chi connectivity index (χ1n) is 5.74. The maximum atomic E-state index is 12.0. The first-order chi connectivity index (χ1) is 7.69. The fraction of sp³-hybridized carbons (Fsp3) is 0.462. The highest BCUT2D eigenvalue weighted by Crippen LogP contribution is 2.14. The number of hydrogen-bond donors (Lipinski definition) is 2. The van der Waals surface area contributed by atoms with Crippen LogP contribution in [0.2, 0.25) is 0 Å². The fourth-order valence-corrected chi connectivity index (χ4v) is 1.53. The molecule has 0 aliphatic carbocycles. The lowest BCUT2D eigenvalue weighted by atomic mass is 9.98. The van der Waals surface area contributed by atoms with Crippen molar-refractivity contribution in [2.24, 2.45) is 5.73 Å². The molecule has 0 bridgehead atoms. The minimum Gasteiger partial charge on any atom is -0.353 e. The Hall–Kier alpha value is -1.06. The minimum atomic E-state index is -0.241. The number of carbonyl (C=O) groups is 1. The summed E-state index contributed by atoms with van der Waals surface area (Å²) in [6.07, 6.45) is 0.928. The highest BCUT2D eigenvalue weighted by Gasteiger charge is 2.19. The first-order valence-corrected chi connectivity index (χ1v) is 5.74. The summed E-state index contributed by atoms with van der Waals surface area (Å²) in [5.74, 6) is -0.224. The summed E-state index contributed by atoms with van der Waals surface area (Å²) in [4.78, 5) is 12.0. The zero-order valence-electron chi connectivity index (χ0n) is 10.3. The molecule has 1 aromatic carbocycles. The molecule has 0 heterocycles. The molecule has 0 fully saturated rings. The van der Waals surface area contributed by atoms with Crippen molar-refractivity contribution in [2.75, 3.05) is 6.54 Å². The zero-order chi connectivity index (χ0) is 12.0. The SMILES string of the molecule is CCC(C)NC(=O)C(CN)c1ccccc1.Cl. The van der Waals surface area contributed by atoms with Gasteiger partial charge in [0.1, 0.15) is 0 Å². The minimum absolute atomic E-state index is 0. The second-order valence-corrected chi connectivity index (χ2v) is 4.02. The molecular weight excluding hydrogens is 236 g/mol. The van der Waals surface area contributed by atoms with Crippen molar-refractivity contribution < 1.29 is 4.79 Å². The van der Waals surface area contributed by atoms with Gasteiger partial charge in [-0.3, -0.25) is 4.79 Å². The van der Waals surface area contributed by atoms with Gasteiger partial charge >= 0.3 is 0 Å². The smallest absolute Gasteiger partial charge is 0.229 e. The summed E-state index contributed by atoms with van der Waals surface area (Å²) in [6.45, 7) is 4.38. The molecule has 1 aromatic rings. The average Bonchev–Trinajstić information content (AvgIpc) is 2.31. The van der Waals surface area contributed by atoms with E-state index in [2.05, 4.69) is 5.32 Å². The van der Waals surface area contributed by atoms with Crippen LogP contribution in [0, 0.1) is 0 Å². The van der Waals surface area contributed by atoms with Crippen molar-refractivity contribution in [3.63, 3.8) is 0 Å². The number of nitrogens with one attached hydrogen (secondary N) is 1. The van der Waals surface area contributed by atoms with E-state index in [-0.39, 0.29) is 30.3 Å². The average molecular weight is 257 g/mol. The van der Waals surface area contributed by atoms with E-state index in [1.54, 1.807) is 0 Å². The molecule has 2 unspecified atom stereocenters. The van der Waals surface area contributed by atoms with E-state index >= 15 is 0 Å². The highest BCUT2D eigenvalue weighted by molar-refractivity contribution is 5.85. The molecule has 4 heteroatoms. The van der Waals surface area contributed by atoms with E-state index in [1.165, 1.54) is 0 Å². The molecule has 3 nitrogen and oxygen atoms in total. The second kappa shape index (κ2) is 8.09. The van der Waals surface area contributed by atoms with Crippen LogP contribution in [-0.2, 0) is 4.79 Å². The van der Waals surface area contributed by atoms with Crippen molar-refractivity contribution in [2.45, 2.75) is 32.2 Å². The molecule has 1 rings (SSSR count). The van der Waals surface area contributed by atoms with Crippen LogP contribution in [0.15, 0.2) is 30.3 Å². The van der Waals surface area contributed by atoms with Gasteiger partial charge in [0.15, 0.2) is 0 Å². The summed E-state index contributed by atoms with van der Waals surface area (Å²) in [5, 5.41) is 2.96. The third-order valence-corrected chi connectivity index (χ3v) is 2.76. The van der Waals surface area contributed by atoms with Crippen molar-refractivity contribution in [3.8, 4) is 0 Å². The van der Waals surface area contributed by atoms with E-state index in [1.807, 2.05) is 44.2 Å². The molecule has 2 atom stereocenters. The molecule has 3 N–H and O–H groups in total. The van der Waals surface area contributed by atoms with Crippen molar-refractivity contribution >= 4 is 18.3 Å². The maximum Gasteiger partial charge on any atom is 0.229 e. The molecule has 0 saturated carbocycles. The van der Waals surface area contributed by atoms with Gasteiger partial charge in [-0.1, -0.05) is 37.3 Å². The summed E-state index contributed by atoms with van der Waals surface area (Å²) in [7, 11) is 0. The molecule has 1 amide bonds. The number of carbonyl (C=O) groups excluding carboxylic acids is 1. The molecule has 0 radical (unpaired) electrons. The van der Waals surface area contributed by atoms with E-state index < -0.39 is 0 Å². The van der Waals surface area contributed by atoms with Gasteiger partial charge in [-0.15, -0.1) is 12.4 Å². The summed E-state index contributed by atoms with van der Waals surface area (Å²) >= 11 is 0. The Bertz CT molecular complexity index is 329. The molecule has 17 heavy (non-hydrogen) atoms. The standard InChI is InChI=1S/C13H20N2O.ClH/c1-3-10(2)15-13(16)12(9-14)11-7-5-4-6-8-11;/h4-8,10,12H,3,9,14H2,1-2H3,(H,15,16);1H. The number of nitrogens with two attached hydrogens (primary N) is 1. The van der Waals surface area contributed by atoms with Gasteiger partial charge in [0.25, 0.3) is 0 Å². The quantitative estimate of drug-likeness (QED) is 0.847. The van der Waals surface area contributed by atoms with Crippen LogP contribution in [0.4, 0.5) is 0 Å². The van der Waals surface area contributed by atoms with Crippen molar-refractivity contribution in [1.82, 2.24) is 5.32 Å². The van der Waals surface area contributed by atoms with Gasteiger partial charge in [-0.2, -0.15) is 0 Å². The molecule has 96 valence electrons. The number of amides is 1. The Kier molecular flexibility index (Phi) is 7.59. The Morgan fingerprint density at radius 1 is 1.35 bits per heavy atom. The number of benzene rings is 1. The number of halogens is 1. The first kappa shape index (κ1) is 15.9. The summed E-state index contributed by atoms with van der Waals surface area (Å²) in [6, 6.07) is 9.86. The molecule has 0 aromatic heterocycles. The third kappa shape index (κ3) is 4.75. The predicted molar refractivity (Wildman–Crippen MR) is 73.4 cm³/mol. The fourth-order valence-electron chi connectivity index (χ4n) is 1.53. The molecular formula is C13H21ClN2O. The lowest BCUT2D eigenvalue weighted by Gasteiger charge is -2.18. The molecule has 0 aliphatic rings. The van der Waals surface area contributed by atoms with E-state index in [0.29, 0.717) is 6.54 Å². The van der Waals surface area contributed by atoms with E-state index in [0.717, 1.165) is 12.0 Å². The Morgan fingerprint density at radius 3 is 2.41 bits per heavy atom. The lowest BCUT2D eigenvalue weighted by molar-refractivity contribution is -0.123. The summed E-state index contributed by atoms with van der Waals surface area (Å²) in [5.41, 5.74) is 6.64. The topological polar surface area (TPSA) is 55.1 Å². The van der Waals surface area contributed by atoms with Crippen molar-refractivity contribution in [1.29, 1.82) is 0 Å². The van der Waals surface area contributed by atoms with Gasteiger partial charge < -0.3 is 11.1 Å². The normalized spacial score (nSPS) is 13.4. The highest BCUT2D eigenvalue weighted by atomic mass is 35.5. The number of rotatable bonds is 5. The number of hydrogen-bond acceptors (Lipinski definition) is 2. The van der Waals surface area contributed by atoms with Crippen LogP contribution in [0.5, 0.6) is 0 Å². The van der Waals surface area contributed by atoms with Crippen molar-refractivity contribution in [3.05, 3.63) is 35.9 Å². The third-order valence-electron chi connectivity index (χ3n) is 2.76. The maximum absolute atomic E-state index is 12.0. The van der Waals surface area contributed by atoms with Crippen LogP contribution in [0.25, 0.3) is 0 Å². The second-order valence-electron chi connectivity index (χ2n) is 4.02. The van der Waals surface area contributed by atoms with E-state index in [4.69, 9.17) is 5.73 Å². The largest absolute Gasteiger partial charge is 0.353 e. The monoisotopic (exact) mass is 256 g/mol. The molecule has 0 saturated heterocycles. The molecule has 0 aliphatic heterocycles. The van der Waals surface area contributed by atoms with Gasteiger partial charge in [-0.25, -0.2) is 0 Å². The van der Waals surface area contributed by atoms with Crippen LogP contribution in [0.1, 0.15) is 31.7 Å². The Labute approximate surface area is 109 Å². The van der Waals surface area contributed by atoms with E-state index in [9.17, 15) is 4.79 Å². The van der Waals surface area contributed by atoms with Crippen LogP contribution < -0.4 is 11.1 Å². The van der Waals surface area contributed by atoms with Crippen LogP contribution in [-0.4, -0.2) is 18.5 Å². The zero-order valence-corrected chi connectivity index (χ0v) is 11.2. The van der Waals surface area contributed by atoms with Gasteiger partial charge in [0.2, 0.25) is 5.91 Å². The summed E-state index contributed by atoms with van der Waals surface area (Å²) < 4.78 is 0. The van der Waals surface area contributed by atoms with Crippen LogP contribution >= 0.6 is 12.4 Å². The molecule has 0 spiro atoms.